The number of ether oxygens (including phenoxy) is 1. The average Bonchev–Trinajstić information content (AvgIpc) is 3.05. The monoisotopic (exact) mass is 367 g/mol. The molecule has 24 heavy (non-hydrogen) atoms. The van der Waals surface area contributed by atoms with Gasteiger partial charge in [0, 0.05) is 34.6 Å². The number of nitrogens with zero attached hydrogens (tertiary/aromatic N) is 3. The Morgan fingerprint density at radius 3 is 2.54 bits per heavy atom. The van der Waals surface area contributed by atoms with Crippen LogP contribution < -0.4 is 9.64 Å². The molecule has 3 rings (SSSR count). The number of rotatable bonds is 5. The van der Waals surface area contributed by atoms with Gasteiger partial charge < -0.3 is 14.7 Å². The van der Waals surface area contributed by atoms with Crippen LogP contribution in [-0.4, -0.2) is 34.3 Å². The summed E-state index contributed by atoms with van der Waals surface area (Å²) in [4.78, 5) is 10.8. The summed E-state index contributed by atoms with van der Waals surface area (Å²) in [5.41, 5.74) is 0.740. The van der Waals surface area contributed by atoms with E-state index < -0.39 is 0 Å². The lowest BCUT2D eigenvalue weighted by atomic mass is 10.0. The van der Waals surface area contributed by atoms with Crippen LogP contribution in [0.5, 0.6) is 5.75 Å². The Balaban J connectivity index is 1.61. The molecule has 1 aliphatic rings. The van der Waals surface area contributed by atoms with E-state index in [-0.39, 0.29) is 18.6 Å². The minimum atomic E-state index is -0.307. The van der Waals surface area contributed by atoms with Gasteiger partial charge in [0.2, 0.25) is 5.95 Å². The number of anilines is 1. The molecule has 0 bridgehead atoms. The molecule has 1 aliphatic heterocycles. The summed E-state index contributed by atoms with van der Waals surface area (Å²) < 4.78 is 5.68. The number of aromatic nitrogens is 2. The molecule has 5 nitrogen and oxygen atoms in total. The van der Waals surface area contributed by atoms with E-state index in [1.54, 1.807) is 30.6 Å². The largest absolute Gasteiger partial charge is 0.486 e. The third-order valence-electron chi connectivity index (χ3n) is 4.25. The molecule has 1 aromatic carbocycles. The minimum absolute atomic E-state index is 0.259. The van der Waals surface area contributed by atoms with E-state index in [4.69, 9.17) is 27.9 Å². The lowest BCUT2D eigenvalue weighted by Gasteiger charge is -2.17. The Morgan fingerprint density at radius 1 is 1.29 bits per heavy atom. The molecule has 0 amide bonds. The van der Waals surface area contributed by atoms with Crippen LogP contribution in [-0.2, 0) is 6.61 Å². The summed E-state index contributed by atoms with van der Waals surface area (Å²) in [6, 6.07) is 5.35. The molecule has 1 fully saturated rings. The fraction of sp³-hybridized carbons (Fsp3) is 0.412. The average molecular weight is 368 g/mol. The molecule has 2 atom stereocenters. The maximum Gasteiger partial charge on any atom is 0.225 e. The normalized spacial score (nSPS) is 18.7. The molecule has 0 aliphatic carbocycles. The molecule has 1 saturated heterocycles. The van der Waals surface area contributed by atoms with E-state index in [1.165, 1.54) is 0 Å². The summed E-state index contributed by atoms with van der Waals surface area (Å²) in [6.45, 7) is 3.71. The predicted octanol–water partition coefficient (Wildman–Crippen LogP) is 3.57. The van der Waals surface area contributed by atoms with Gasteiger partial charge in [-0.1, -0.05) is 29.3 Å². The van der Waals surface area contributed by atoms with Crippen molar-refractivity contribution >= 4 is 29.2 Å². The smallest absolute Gasteiger partial charge is 0.225 e. The van der Waals surface area contributed by atoms with Crippen LogP contribution >= 0.6 is 23.2 Å². The second kappa shape index (κ2) is 7.55. The fourth-order valence-electron chi connectivity index (χ4n) is 2.74. The van der Waals surface area contributed by atoms with Crippen molar-refractivity contribution in [1.82, 2.24) is 9.97 Å². The zero-order valence-corrected chi connectivity index (χ0v) is 14.8. The van der Waals surface area contributed by atoms with E-state index in [1.807, 2.05) is 6.92 Å². The minimum Gasteiger partial charge on any atom is -0.486 e. The van der Waals surface area contributed by atoms with Crippen molar-refractivity contribution in [2.45, 2.75) is 26.1 Å². The first-order chi connectivity index (χ1) is 11.5. The van der Waals surface area contributed by atoms with Gasteiger partial charge in [0.25, 0.3) is 0 Å². The van der Waals surface area contributed by atoms with E-state index in [0.717, 1.165) is 25.1 Å². The summed E-state index contributed by atoms with van der Waals surface area (Å²) in [5.74, 6) is 1.48. The van der Waals surface area contributed by atoms with Crippen LogP contribution in [0.3, 0.4) is 0 Å². The lowest BCUT2D eigenvalue weighted by Crippen LogP contribution is -2.25. The van der Waals surface area contributed by atoms with Crippen molar-refractivity contribution in [3.8, 4) is 5.75 Å². The zero-order chi connectivity index (χ0) is 17.1. The molecule has 2 aromatic rings. The summed E-state index contributed by atoms with van der Waals surface area (Å²) in [6.07, 6.45) is 3.92. The summed E-state index contributed by atoms with van der Waals surface area (Å²) in [5, 5.41) is 10.8. The van der Waals surface area contributed by atoms with Gasteiger partial charge in [0.1, 0.15) is 6.61 Å². The highest BCUT2D eigenvalue weighted by Crippen LogP contribution is 2.26. The van der Waals surface area contributed by atoms with Gasteiger partial charge in [-0.3, -0.25) is 0 Å². The first-order valence-corrected chi connectivity index (χ1v) is 8.61. The molecular weight excluding hydrogens is 349 g/mol. The number of aliphatic hydroxyl groups is 1. The predicted molar refractivity (Wildman–Crippen MR) is 94.8 cm³/mol. The van der Waals surface area contributed by atoms with E-state index in [2.05, 4.69) is 14.9 Å². The highest BCUT2D eigenvalue weighted by molar-refractivity contribution is 6.35. The van der Waals surface area contributed by atoms with Crippen LogP contribution in [0.1, 0.15) is 18.9 Å². The van der Waals surface area contributed by atoms with Crippen molar-refractivity contribution in [1.29, 1.82) is 0 Å². The van der Waals surface area contributed by atoms with Crippen LogP contribution in [0.25, 0.3) is 0 Å². The topological polar surface area (TPSA) is 58.5 Å². The van der Waals surface area contributed by atoms with Gasteiger partial charge in [-0.15, -0.1) is 0 Å². The second-order valence-corrected chi connectivity index (χ2v) is 6.76. The molecule has 2 unspecified atom stereocenters. The standard InChI is InChI=1S/C17H19Cl2N3O2/c1-11(23)12-5-6-22(9-12)17-20-7-13(8-21-17)24-10-14-15(18)3-2-4-16(14)19/h2-4,7-8,11-12,23H,5-6,9-10H2,1H3. The van der Waals surface area contributed by atoms with Crippen LogP contribution in [0.4, 0.5) is 5.95 Å². The van der Waals surface area contributed by atoms with Crippen molar-refractivity contribution < 1.29 is 9.84 Å². The Morgan fingerprint density at radius 2 is 1.96 bits per heavy atom. The first kappa shape index (κ1) is 17.3. The van der Waals surface area contributed by atoms with Crippen LogP contribution in [0.15, 0.2) is 30.6 Å². The highest BCUT2D eigenvalue weighted by atomic mass is 35.5. The van der Waals surface area contributed by atoms with E-state index in [0.29, 0.717) is 21.7 Å². The number of benzene rings is 1. The van der Waals surface area contributed by atoms with E-state index in [9.17, 15) is 5.11 Å². The molecule has 1 aromatic heterocycles. The van der Waals surface area contributed by atoms with Crippen molar-refractivity contribution in [3.05, 3.63) is 46.2 Å². The quantitative estimate of drug-likeness (QED) is 0.875. The van der Waals surface area contributed by atoms with Crippen molar-refractivity contribution in [2.24, 2.45) is 5.92 Å². The molecule has 2 heterocycles. The summed E-state index contributed by atoms with van der Waals surface area (Å²) >= 11 is 12.2. The number of hydrogen-bond acceptors (Lipinski definition) is 5. The Labute approximate surface area is 151 Å². The molecular formula is C17H19Cl2N3O2. The Kier molecular flexibility index (Phi) is 5.43. The third-order valence-corrected chi connectivity index (χ3v) is 4.96. The molecule has 128 valence electrons. The summed E-state index contributed by atoms with van der Waals surface area (Å²) in [7, 11) is 0. The van der Waals surface area contributed by atoms with Gasteiger partial charge in [-0.05, 0) is 25.5 Å². The Bertz CT molecular complexity index is 674. The SMILES string of the molecule is CC(O)C1CCN(c2ncc(OCc3c(Cl)cccc3Cl)cn2)C1. The van der Waals surface area contributed by atoms with Crippen molar-refractivity contribution in [3.63, 3.8) is 0 Å². The molecule has 0 saturated carbocycles. The fourth-order valence-corrected chi connectivity index (χ4v) is 3.24. The lowest BCUT2D eigenvalue weighted by molar-refractivity contribution is 0.136. The first-order valence-electron chi connectivity index (χ1n) is 7.85. The molecule has 0 radical (unpaired) electrons. The third kappa shape index (κ3) is 3.91. The number of aliphatic hydroxyl groups excluding tert-OH is 1. The van der Waals surface area contributed by atoms with E-state index >= 15 is 0 Å². The van der Waals surface area contributed by atoms with Crippen LogP contribution in [0.2, 0.25) is 10.0 Å². The van der Waals surface area contributed by atoms with Crippen molar-refractivity contribution in [2.75, 3.05) is 18.0 Å². The van der Waals surface area contributed by atoms with Gasteiger partial charge >= 0.3 is 0 Å². The van der Waals surface area contributed by atoms with Crippen LogP contribution in [0, 0.1) is 5.92 Å². The van der Waals surface area contributed by atoms with Gasteiger partial charge in [-0.25, -0.2) is 9.97 Å². The number of hydrogen-bond donors (Lipinski definition) is 1. The maximum absolute atomic E-state index is 9.67. The molecule has 7 heteroatoms. The molecule has 1 N–H and O–H groups in total. The zero-order valence-electron chi connectivity index (χ0n) is 13.3. The van der Waals surface area contributed by atoms with Gasteiger partial charge in [0.15, 0.2) is 5.75 Å². The maximum atomic E-state index is 9.67. The Hall–Kier alpha value is -1.56. The highest BCUT2D eigenvalue weighted by Gasteiger charge is 2.27. The second-order valence-electron chi connectivity index (χ2n) is 5.94. The molecule has 0 spiro atoms. The number of halogens is 2. The van der Waals surface area contributed by atoms with Gasteiger partial charge in [-0.2, -0.15) is 0 Å². The van der Waals surface area contributed by atoms with Gasteiger partial charge in [0.05, 0.1) is 18.5 Å².